The summed E-state index contributed by atoms with van der Waals surface area (Å²) in [5.41, 5.74) is 0. The lowest BCUT2D eigenvalue weighted by Crippen LogP contribution is -2.00. The van der Waals surface area contributed by atoms with Gasteiger partial charge in [0.2, 0.25) is 0 Å². The molecule has 0 radical (unpaired) electrons. The van der Waals surface area contributed by atoms with Gasteiger partial charge in [-0.05, 0) is 30.4 Å². The summed E-state index contributed by atoms with van der Waals surface area (Å²) in [7, 11) is 0. The van der Waals surface area contributed by atoms with E-state index in [4.69, 9.17) is 4.74 Å². The number of thiophene rings is 1. The zero-order chi connectivity index (χ0) is 11.3. The SMILES string of the molecule is CC(C)COCc1ccc(CC(C)C)s1. The normalized spacial score (nSPS) is 11.6. The molecule has 1 aromatic heterocycles. The Morgan fingerprint density at radius 1 is 1.07 bits per heavy atom. The van der Waals surface area contributed by atoms with Crippen molar-refractivity contribution in [3.05, 3.63) is 21.9 Å². The van der Waals surface area contributed by atoms with E-state index in [9.17, 15) is 0 Å². The summed E-state index contributed by atoms with van der Waals surface area (Å²) in [5.74, 6) is 1.37. The van der Waals surface area contributed by atoms with Crippen LogP contribution in [0.1, 0.15) is 37.4 Å². The molecule has 0 aliphatic rings. The van der Waals surface area contributed by atoms with E-state index in [-0.39, 0.29) is 0 Å². The Morgan fingerprint density at radius 2 is 1.73 bits per heavy atom. The third-order valence-electron chi connectivity index (χ3n) is 2.02. The van der Waals surface area contributed by atoms with Gasteiger partial charge in [0.15, 0.2) is 0 Å². The van der Waals surface area contributed by atoms with Gasteiger partial charge < -0.3 is 4.74 Å². The lowest BCUT2D eigenvalue weighted by molar-refractivity contribution is 0.0989. The highest BCUT2D eigenvalue weighted by Gasteiger charge is 2.03. The Morgan fingerprint density at radius 3 is 2.33 bits per heavy atom. The zero-order valence-corrected chi connectivity index (χ0v) is 11.1. The van der Waals surface area contributed by atoms with Crippen molar-refractivity contribution in [3.8, 4) is 0 Å². The maximum Gasteiger partial charge on any atom is 0.0809 e. The Labute approximate surface area is 97.5 Å². The monoisotopic (exact) mass is 226 g/mol. The van der Waals surface area contributed by atoms with E-state index in [2.05, 4.69) is 39.8 Å². The molecule has 0 aliphatic heterocycles. The first-order chi connectivity index (χ1) is 7.08. The van der Waals surface area contributed by atoms with Crippen molar-refractivity contribution in [2.75, 3.05) is 6.61 Å². The Bertz CT molecular complexity index is 276. The summed E-state index contributed by atoms with van der Waals surface area (Å²) in [6.07, 6.45) is 1.19. The van der Waals surface area contributed by atoms with Crippen molar-refractivity contribution >= 4 is 11.3 Å². The van der Waals surface area contributed by atoms with E-state index in [0.29, 0.717) is 5.92 Å². The minimum absolute atomic E-state index is 0.625. The van der Waals surface area contributed by atoms with Gasteiger partial charge in [-0.25, -0.2) is 0 Å². The molecule has 1 heterocycles. The van der Waals surface area contributed by atoms with Crippen LogP contribution in [-0.4, -0.2) is 6.61 Å². The van der Waals surface area contributed by atoms with Crippen LogP contribution in [0.5, 0.6) is 0 Å². The molecule has 0 saturated heterocycles. The fourth-order valence-electron chi connectivity index (χ4n) is 1.41. The van der Waals surface area contributed by atoms with Crippen molar-refractivity contribution < 1.29 is 4.74 Å². The number of rotatable bonds is 6. The van der Waals surface area contributed by atoms with Gasteiger partial charge in [-0.15, -0.1) is 11.3 Å². The van der Waals surface area contributed by atoms with Gasteiger partial charge in [-0.3, -0.25) is 0 Å². The van der Waals surface area contributed by atoms with Gasteiger partial charge in [0.05, 0.1) is 6.61 Å². The number of hydrogen-bond acceptors (Lipinski definition) is 2. The lowest BCUT2D eigenvalue weighted by atomic mass is 10.1. The smallest absolute Gasteiger partial charge is 0.0809 e. The number of hydrogen-bond donors (Lipinski definition) is 0. The van der Waals surface area contributed by atoms with Gasteiger partial charge in [0.1, 0.15) is 0 Å². The molecule has 86 valence electrons. The van der Waals surface area contributed by atoms with E-state index >= 15 is 0 Å². The molecule has 15 heavy (non-hydrogen) atoms. The van der Waals surface area contributed by atoms with Crippen LogP contribution in [0.25, 0.3) is 0 Å². The van der Waals surface area contributed by atoms with E-state index < -0.39 is 0 Å². The van der Waals surface area contributed by atoms with E-state index in [1.54, 1.807) is 0 Å². The molecule has 0 atom stereocenters. The lowest BCUT2D eigenvalue weighted by Gasteiger charge is -2.04. The predicted octanol–water partition coefficient (Wildman–Crippen LogP) is 4.12. The topological polar surface area (TPSA) is 9.23 Å². The molecule has 0 saturated carbocycles. The van der Waals surface area contributed by atoms with Crippen LogP contribution >= 0.6 is 11.3 Å². The highest BCUT2D eigenvalue weighted by Crippen LogP contribution is 2.20. The average molecular weight is 226 g/mol. The molecule has 1 rings (SSSR count). The Kier molecular flexibility index (Phi) is 5.34. The molecule has 0 amide bonds. The second-order valence-electron chi connectivity index (χ2n) is 4.87. The summed E-state index contributed by atoms with van der Waals surface area (Å²) in [6.45, 7) is 10.5. The van der Waals surface area contributed by atoms with E-state index in [1.165, 1.54) is 16.2 Å². The summed E-state index contributed by atoms with van der Waals surface area (Å²) >= 11 is 1.89. The highest BCUT2D eigenvalue weighted by atomic mass is 32.1. The molecule has 0 bridgehead atoms. The van der Waals surface area contributed by atoms with E-state index in [0.717, 1.165) is 19.1 Å². The Balaban J connectivity index is 2.33. The van der Waals surface area contributed by atoms with Crippen LogP contribution in [0.15, 0.2) is 12.1 Å². The van der Waals surface area contributed by atoms with Crippen LogP contribution < -0.4 is 0 Å². The van der Waals surface area contributed by atoms with Gasteiger partial charge >= 0.3 is 0 Å². The first kappa shape index (κ1) is 12.7. The van der Waals surface area contributed by atoms with Gasteiger partial charge in [-0.2, -0.15) is 0 Å². The molecule has 0 N–H and O–H groups in total. The molecule has 1 nitrogen and oxygen atoms in total. The fraction of sp³-hybridized carbons (Fsp3) is 0.692. The van der Waals surface area contributed by atoms with Crippen molar-refractivity contribution in [1.29, 1.82) is 0 Å². The molecule has 1 aromatic rings. The molecular formula is C13H22OS. The van der Waals surface area contributed by atoms with Crippen molar-refractivity contribution in [2.24, 2.45) is 11.8 Å². The third-order valence-corrected chi connectivity index (χ3v) is 3.10. The standard InChI is InChI=1S/C13H22OS/c1-10(2)7-12-5-6-13(15-12)9-14-8-11(3)4/h5-6,10-11H,7-9H2,1-4H3. The van der Waals surface area contributed by atoms with Crippen molar-refractivity contribution in [3.63, 3.8) is 0 Å². The minimum atomic E-state index is 0.625. The quantitative estimate of drug-likeness (QED) is 0.709. The fourth-order valence-corrected chi connectivity index (χ4v) is 2.58. The van der Waals surface area contributed by atoms with Crippen molar-refractivity contribution in [2.45, 2.75) is 40.7 Å². The second kappa shape index (κ2) is 6.29. The Hall–Kier alpha value is -0.340. The summed E-state index contributed by atoms with van der Waals surface area (Å²) in [6, 6.07) is 4.43. The molecule has 0 aromatic carbocycles. The van der Waals surface area contributed by atoms with Crippen LogP contribution in [0.2, 0.25) is 0 Å². The first-order valence-electron chi connectivity index (χ1n) is 5.73. The average Bonchev–Trinajstić information content (AvgIpc) is 2.50. The summed E-state index contributed by atoms with van der Waals surface area (Å²) < 4.78 is 5.61. The third kappa shape index (κ3) is 5.33. The second-order valence-corrected chi connectivity index (χ2v) is 6.13. The molecule has 0 unspecified atom stereocenters. The van der Waals surface area contributed by atoms with Crippen LogP contribution in [0, 0.1) is 11.8 Å². The van der Waals surface area contributed by atoms with E-state index in [1.807, 2.05) is 11.3 Å². The van der Waals surface area contributed by atoms with Crippen LogP contribution in [0.4, 0.5) is 0 Å². The van der Waals surface area contributed by atoms with Crippen molar-refractivity contribution in [1.82, 2.24) is 0 Å². The summed E-state index contributed by atoms with van der Waals surface area (Å²) in [5, 5.41) is 0. The highest BCUT2D eigenvalue weighted by molar-refractivity contribution is 7.11. The predicted molar refractivity (Wildman–Crippen MR) is 67.4 cm³/mol. The molecule has 0 fully saturated rings. The summed E-state index contributed by atoms with van der Waals surface area (Å²) in [4.78, 5) is 2.83. The van der Waals surface area contributed by atoms with Gasteiger partial charge in [-0.1, -0.05) is 27.7 Å². The maximum absolute atomic E-state index is 5.61. The van der Waals surface area contributed by atoms with Crippen LogP contribution in [-0.2, 0) is 17.8 Å². The first-order valence-corrected chi connectivity index (χ1v) is 6.55. The van der Waals surface area contributed by atoms with Gasteiger partial charge in [0.25, 0.3) is 0 Å². The minimum Gasteiger partial charge on any atom is -0.376 e. The molecule has 0 aliphatic carbocycles. The van der Waals surface area contributed by atoms with Gasteiger partial charge in [0, 0.05) is 16.4 Å². The molecule has 2 heteroatoms. The largest absolute Gasteiger partial charge is 0.376 e. The maximum atomic E-state index is 5.61. The number of ether oxygens (including phenoxy) is 1. The molecular weight excluding hydrogens is 204 g/mol. The molecule has 0 spiro atoms. The van der Waals surface area contributed by atoms with Crippen LogP contribution in [0.3, 0.4) is 0 Å². The zero-order valence-electron chi connectivity index (χ0n) is 10.2.